The highest BCUT2D eigenvalue weighted by molar-refractivity contribution is 5.85. The Morgan fingerprint density at radius 2 is 1.71 bits per heavy atom. The summed E-state index contributed by atoms with van der Waals surface area (Å²) in [4.78, 5) is 0. The molecule has 0 bridgehead atoms. The van der Waals surface area contributed by atoms with Crippen molar-refractivity contribution in [3.8, 4) is 0 Å². The van der Waals surface area contributed by atoms with Crippen LogP contribution < -0.4 is 5.32 Å². The standard InChI is InChI=1S/C20H29N/c1-5-21-18(13-14-20(2,3)4)15-17-11-8-10-16-9-6-7-12-19(16)17/h6-12,18,21H,5,13-15H2,1-4H3. The number of fused-ring (bicyclic) bond motifs is 1. The maximum absolute atomic E-state index is 3.67. The van der Waals surface area contributed by atoms with Crippen LogP contribution in [0.25, 0.3) is 10.8 Å². The van der Waals surface area contributed by atoms with E-state index in [1.165, 1.54) is 29.2 Å². The van der Waals surface area contributed by atoms with E-state index in [9.17, 15) is 0 Å². The Morgan fingerprint density at radius 3 is 2.43 bits per heavy atom. The van der Waals surface area contributed by atoms with E-state index in [4.69, 9.17) is 0 Å². The first-order valence-electron chi connectivity index (χ1n) is 8.19. The first-order valence-corrected chi connectivity index (χ1v) is 8.19. The van der Waals surface area contributed by atoms with Crippen LogP contribution in [-0.2, 0) is 6.42 Å². The first-order chi connectivity index (χ1) is 9.99. The second-order valence-electron chi connectivity index (χ2n) is 7.20. The Labute approximate surface area is 129 Å². The molecule has 1 atom stereocenters. The maximum atomic E-state index is 3.67. The van der Waals surface area contributed by atoms with Gasteiger partial charge in [0.25, 0.3) is 0 Å². The Hall–Kier alpha value is -1.34. The molecule has 21 heavy (non-hydrogen) atoms. The predicted octanol–water partition coefficient (Wildman–Crippen LogP) is 5.19. The number of hydrogen-bond donors (Lipinski definition) is 1. The van der Waals surface area contributed by atoms with Gasteiger partial charge in [0.05, 0.1) is 0 Å². The average molecular weight is 283 g/mol. The molecule has 0 aromatic heterocycles. The van der Waals surface area contributed by atoms with E-state index in [1.807, 2.05) is 0 Å². The number of likely N-dealkylation sites (N-methyl/N-ethyl adjacent to an activating group) is 1. The van der Waals surface area contributed by atoms with Crippen LogP contribution in [0.4, 0.5) is 0 Å². The summed E-state index contributed by atoms with van der Waals surface area (Å²) in [5, 5.41) is 6.42. The summed E-state index contributed by atoms with van der Waals surface area (Å²) in [6.07, 6.45) is 3.61. The van der Waals surface area contributed by atoms with Crippen molar-refractivity contribution in [2.24, 2.45) is 5.41 Å². The molecule has 2 aromatic carbocycles. The summed E-state index contributed by atoms with van der Waals surface area (Å²) in [6, 6.07) is 16.0. The molecule has 2 aromatic rings. The van der Waals surface area contributed by atoms with Crippen LogP contribution in [0.3, 0.4) is 0 Å². The lowest BCUT2D eigenvalue weighted by atomic mass is 9.87. The van der Waals surface area contributed by atoms with Crippen molar-refractivity contribution < 1.29 is 0 Å². The van der Waals surface area contributed by atoms with Crippen LogP contribution in [-0.4, -0.2) is 12.6 Å². The summed E-state index contributed by atoms with van der Waals surface area (Å²) < 4.78 is 0. The molecular formula is C20H29N. The van der Waals surface area contributed by atoms with Crippen LogP contribution in [0.1, 0.15) is 46.1 Å². The fraction of sp³-hybridized carbons (Fsp3) is 0.500. The molecule has 0 aliphatic rings. The second kappa shape index (κ2) is 7.09. The minimum absolute atomic E-state index is 0.409. The molecule has 1 heteroatoms. The number of hydrogen-bond acceptors (Lipinski definition) is 1. The van der Waals surface area contributed by atoms with Crippen molar-refractivity contribution >= 4 is 10.8 Å². The lowest BCUT2D eigenvalue weighted by Gasteiger charge is -2.24. The Morgan fingerprint density at radius 1 is 1.00 bits per heavy atom. The van der Waals surface area contributed by atoms with Crippen molar-refractivity contribution in [1.82, 2.24) is 5.32 Å². The van der Waals surface area contributed by atoms with Crippen molar-refractivity contribution in [2.75, 3.05) is 6.54 Å². The Balaban J connectivity index is 2.15. The molecule has 1 N–H and O–H groups in total. The largest absolute Gasteiger partial charge is 0.314 e. The Kier molecular flexibility index (Phi) is 5.41. The summed E-state index contributed by atoms with van der Waals surface area (Å²) in [6.45, 7) is 10.2. The van der Waals surface area contributed by atoms with Crippen LogP contribution in [0, 0.1) is 5.41 Å². The summed E-state index contributed by atoms with van der Waals surface area (Å²) >= 11 is 0. The van der Waals surface area contributed by atoms with Gasteiger partial charge in [-0.15, -0.1) is 0 Å². The second-order valence-corrected chi connectivity index (χ2v) is 7.20. The van der Waals surface area contributed by atoms with Gasteiger partial charge in [-0.2, -0.15) is 0 Å². The van der Waals surface area contributed by atoms with Gasteiger partial charge in [0, 0.05) is 6.04 Å². The smallest absolute Gasteiger partial charge is 0.0108 e. The molecule has 1 unspecified atom stereocenters. The van der Waals surface area contributed by atoms with Crippen molar-refractivity contribution in [3.05, 3.63) is 48.0 Å². The average Bonchev–Trinajstić information content (AvgIpc) is 2.44. The number of benzene rings is 2. The molecule has 1 nitrogen and oxygen atoms in total. The van der Waals surface area contributed by atoms with E-state index >= 15 is 0 Å². The van der Waals surface area contributed by atoms with E-state index < -0.39 is 0 Å². The van der Waals surface area contributed by atoms with Gasteiger partial charge in [0.1, 0.15) is 0 Å². The molecule has 114 valence electrons. The molecule has 0 aliphatic carbocycles. The van der Waals surface area contributed by atoms with Gasteiger partial charge < -0.3 is 5.32 Å². The van der Waals surface area contributed by atoms with Gasteiger partial charge in [0.15, 0.2) is 0 Å². The molecule has 0 heterocycles. The molecule has 0 amide bonds. The highest BCUT2D eigenvalue weighted by Crippen LogP contribution is 2.24. The summed E-state index contributed by atoms with van der Waals surface area (Å²) in [7, 11) is 0. The Bertz CT molecular complexity index is 560. The van der Waals surface area contributed by atoms with Crippen LogP contribution >= 0.6 is 0 Å². The van der Waals surface area contributed by atoms with E-state index in [2.05, 4.69) is 75.5 Å². The third-order valence-electron chi connectivity index (χ3n) is 4.08. The van der Waals surface area contributed by atoms with Gasteiger partial charge in [-0.1, -0.05) is 70.2 Å². The highest BCUT2D eigenvalue weighted by Gasteiger charge is 2.16. The quantitative estimate of drug-likeness (QED) is 0.769. The molecule has 0 saturated heterocycles. The molecule has 2 rings (SSSR count). The third kappa shape index (κ3) is 4.86. The minimum atomic E-state index is 0.409. The minimum Gasteiger partial charge on any atom is -0.314 e. The normalized spacial score (nSPS) is 13.5. The van der Waals surface area contributed by atoms with Crippen LogP contribution in [0.5, 0.6) is 0 Å². The summed E-state index contributed by atoms with van der Waals surface area (Å²) in [5.74, 6) is 0. The summed E-state index contributed by atoms with van der Waals surface area (Å²) in [5.41, 5.74) is 1.87. The molecule has 0 fully saturated rings. The highest BCUT2D eigenvalue weighted by atomic mass is 14.9. The maximum Gasteiger partial charge on any atom is 0.0108 e. The predicted molar refractivity (Wildman–Crippen MR) is 93.8 cm³/mol. The van der Waals surface area contributed by atoms with E-state index in [0.717, 1.165) is 13.0 Å². The first kappa shape index (κ1) is 16.0. The fourth-order valence-electron chi connectivity index (χ4n) is 2.91. The zero-order chi connectivity index (χ0) is 15.3. The van der Waals surface area contributed by atoms with Crippen LogP contribution in [0.2, 0.25) is 0 Å². The van der Waals surface area contributed by atoms with E-state index in [-0.39, 0.29) is 0 Å². The van der Waals surface area contributed by atoms with Gasteiger partial charge >= 0.3 is 0 Å². The molecular weight excluding hydrogens is 254 g/mol. The third-order valence-corrected chi connectivity index (χ3v) is 4.08. The topological polar surface area (TPSA) is 12.0 Å². The van der Waals surface area contributed by atoms with Crippen molar-refractivity contribution in [2.45, 2.75) is 53.0 Å². The lowest BCUT2D eigenvalue weighted by molar-refractivity contribution is 0.330. The molecule has 0 radical (unpaired) electrons. The van der Waals surface area contributed by atoms with Crippen LogP contribution in [0.15, 0.2) is 42.5 Å². The lowest BCUT2D eigenvalue weighted by Crippen LogP contribution is -2.32. The van der Waals surface area contributed by atoms with E-state index in [0.29, 0.717) is 11.5 Å². The van der Waals surface area contributed by atoms with Gasteiger partial charge in [0.2, 0.25) is 0 Å². The molecule has 0 spiro atoms. The molecule has 0 saturated carbocycles. The zero-order valence-electron chi connectivity index (χ0n) is 13.9. The number of nitrogens with one attached hydrogen (secondary N) is 1. The van der Waals surface area contributed by atoms with Gasteiger partial charge in [-0.25, -0.2) is 0 Å². The monoisotopic (exact) mass is 283 g/mol. The number of rotatable bonds is 6. The molecule has 0 aliphatic heterocycles. The van der Waals surface area contributed by atoms with Crippen molar-refractivity contribution in [3.63, 3.8) is 0 Å². The van der Waals surface area contributed by atoms with Crippen molar-refractivity contribution in [1.29, 1.82) is 0 Å². The fourth-order valence-corrected chi connectivity index (χ4v) is 2.91. The zero-order valence-corrected chi connectivity index (χ0v) is 13.9. The van der Waals surface area contributed by atoms with Gasteiger partial charge in [-0.3, -0.25) is 0 Å². The van der Waals surface area contributed by atoms with Gasteiger partial charge in [-0.05, 0) is 47.6 Å². The van der Waals surface area contributed by atoms with E-state index in [1.54, 1.807) is 0 Å². The SMILES string of the molecule is CCNC(CCC(C)(C)C)Cc1cccc2ccccc12.